The minimum atomic E-state index is -5.54. The third kappa shape index (κ3) is 3.10. The number of halogens is 6. The summed E-state index contributed by atoms with van der Waals surface area (Å²) in [5.74, 6) is -6.56. The largest absolute Gasteiger partial charge is 0.458 e. The highest BCUT2D eigenvalue weighted by Crippen LogP contribution is 2.37. The van der Waals surface area contributed by atoms with E-state index in [1.807, 2.05) is 0 Å². The first-order valence-corrected chi connectivity index (χ1v) is 5.45. The Bertz CT molecular complexity index is 475. The van der Waals surface area contributed by atoms with Crippen molar-refractivity contribution in [3.8, 4) is 0 Å². The van der Waals surface area contributed by atoms with Crippen LogP contribution >= 0.6 is 23.2 Å². The molecule has 0 heterocycles. The highest BCUT2D eigenvalue weighted by atomic mass is 35.5. The van der Waals surface area contributed by atoms with Crippen molar-refractivity contribution >= 4 is 34.8 Å². The Morgan fingerprint density at radius 2 is 1.68 bits per heavy atom. The Labute approximate surface area is 115 Å². The number of rotatable bonds is 3. The number of amides is 1. The van der Waals surface area contributed by atoms with E-state index < -0.39 is 17.9 Å². The molecule has 1 aromatic rings. The molecule has 0 saturated heterocycles. The Balaban J connectivity index is 3.09. The normalized spacial score (nSPS) is 14.9. The fourth-order valence-electron chi connectivity index (χ4n) is 1.15. The summed E-state index contributed by atoms with van der Waals surface area (Å²) in [4.78, 5) is 11.4. The summed E-state index contributed by atoms with van der Waals surface area (Å²) in [7, 11) is 0.418. The van der Waals surface area contributed by atoms with Crippen LogP contribution in [-0.2, 0) is 9.53 Å². The number of para-hydroxylation sites is 1. The first kappa shape index (κ1) is 16.0. The molecule has 1 amide bonds. The minimum Gasteiger partial charge on any atom is -0.335 e. The summed E-state index contributed by atoms with van der Waals surface area (Å²) in [5.41, 5.74) is -0.334. The molecular weight excluding hydrogens is 313 g/mol. The summed E-state index contributed by atoms with van der Waals surface area (Å²) in [6.07, 6.45) is -5.54. The van der Waals surface area contributed by atoms with Gasteiger partial charge in [0.1, 0.15) is 0 Å². The summed E-state index contributed by atoms with van der Waals surface area (Å²) >= 11 is 11.3. The van der Waals surface area contributed by atoms with Gasteiger partial charge in [0.2, 0.25) is 0 Å². The van der Waals surface area contributed by atoms with Gasteiger partial charge in [-0.1, -0.05) is 29.3 Å². The molecule has 0 fully saturated rings. The second-order valence-electron chi connectivity index (χ2n) is 3.35. The van der Waals surface area contributed by atoms with Crippen LogP contribution in [0.3, 0.4) is 0 Å². The van der Waals surface area contributed by atoms with Gasteiger partial charge in [-0.25, -0.2) is 0 Å². The predicted octanol–water partition coefficient (Wildman–Crippen LogP) is 3.81. The monoisotopic (exact) mass is 319 g/mol. The Kier molecular flexibility index (Phi) is 4.65. The van der Waals surface area contributed by atoms with E-state index >= 15 is 0 Å². The number of ether oxygens (including phenoxy) is 1. The summed E-state index contributed by atoms with van der Waals surface area (Å²) in [5, 5.41) is 1.38. The number of alkyl halides is 4. The van der Waals surface area contributed by atoms with E-state index in [0.717, 1.165) is 0 Å². The molecule has 1 rings (SSSR count). The van der Waals surface area contributed by atoms with Gasteiger partial charge in [0.15, 0.2) is 0 Å². The molecule has 0 bridgehead atoms. The maximum atomic E-state index is 13.5. The first-order chi connectivity index (χ1) is 8.63. The van der Waals surface area contributed by atoms with Crippen molar-refractivity contribution in [2.45, 2.75) is 12.0 Å². The second kappa shape index (κ2) is 5.52. The Hall–Kier alpha value is -1.05. The molecule has 0 aromatic heterocycles. The average molecular weight is 320 g/mol. The van der Waals surface area contributed by atoms with E-state index in [1.165, 1.54) is 18.2 Å². The number of hydrogen-bond donors (Lipinski definition) is 1. The summed E-state index contributed by atoms with van der Waals surface area (Å²) in [6, 6.07) is 3.94. The van der Waals surface area contributed by atoms with Gasteiger partial charge in [-0.3, -0.25) is 4.79 Å². The van der Waals surface area contributed by atoms with E-state index in [2.05, 4.69) is 4.74 Å². The average Bonchev–Trinajstić information content (AvgIpc) is 2.31. The summed E-state index contributed by atoms with van der Waals surface area (Å²) < 4.78 is 54.4. The molecule has 0 spiro atoms. The molecule has 0 aliphatic heterocycles. The van der Waals surface area contributed by atoms with Crippen molar-refractivity contribution in [3.05, 3.63) is 28.2 Å². The van der Waals surface area contributed by atoms with Crippen molar-refractivity contribution in [2.75, 3.05) is 12.4 Å². The lowest BCUT2D eigenvalue weighted by Crippen LogP contribution is -2.52. The molecule has 1 N–H and O–H groups in total. The maximum absolute atomic E-state index is 13.5. The SMILES string of the molecule is COC(F)(C(=O)Nc1c(Cl)cccc1Cl)C(F)(F)F. The van der Waals surface area contributed by atoms with Gasteiger partial charge in [0, 0.05) is 7.11 Å². The van der Waals surface area contributed by atoms with E-state index in [-0.39, 0.29) is 15.7 Å². The van der Waals surface area contributed by atoms with Gasteiger partial charge in [0.05, 0.1) is 15.7 Å². The topological polar surface area (TPSA) is 38.3 Å². The standard InChI is InChI=1S/C10H7Cl2F4NO2/c1-19-9(13,10(14,15)16)8(18)17-7-5(11)3-2-4-6(7)12/h2-4H,1H3,(H,17,18). The maximum Gasteiger partial charge on any atom is 0.458 e. The molecule has 106 valence electrons. The van der Waals surface area contributed by atoms with Crippen LogP contribution in [0.1, 0.15) is 0 Å². The van der Waals surface area contributed by atoms with Crippen molar-refractivity contribution in [1.82, 2.24) is 0 Å². The van der Waals surface area contributed by atoms with Crippen molar-refractivity contribution < 1.29 is 27.1 Å². The highest BCUT2D eigenvalue weighted by Gasteiger charge is 2.63. The summed E-state index contributed by atoms with van der Waals surface area (Å²) in [6.45, 7) is 0. The number of benzene rings is 1. The molecule has 0 aliphatic carbocycles. The van der Waals surface area contributed by atoms with E-state index in [0.29, 0.717) is 7.11 Å². The molecule has 1 aromatic carbocycles. The number of carbonyl (C=O) groups is 1. The molecule has 0 aliphatic rings. The second-order valence-corrected chi connectivity index (χ2v) is 4.16. The zero-order valence-electron chi connectivity index (χ0n) is 9.32. The fraction of sp³-hybridized carbons (Fsp3) is 0.300. The van der Waals surface area contributed by atoms with Crippen LogP contribution in [-0.4, -0.2) is 25.0 Å². The van der Waals surface area contributed by atoms with E-state index in [9.17, 15) is 22.4 Å². The Morgan fingerprint density at radius 3 is 2.05 bits per heavy atom. The van der Waals surface area contributed by atoms with Gasteiger partial charge >= 0.3 is 12.0 Å². The number of methoxy groups -OCH3 is 1. The van der Waals surface area contributed by atoms with Crippen LogP contribution in [0.5, 0.6) is 0 Å². The number of nitrogens with one attached hydrogen (secondary N) is 1. The zero-order valence-corrected chi connectivity index (χ0v) is 10.8. The molecule has 1 atom stereocenters. The molecule has 19 heavy (non-hydrogen) atoms. The van der Waals surface area contributed by atoms with Crippen LogP contribution in [0.4, 0.5) is 23.2 Å². The van der Waals surface area contributed by atoms with Gasteiger partial charge in [0.25, 0.3) is 5.91 Å². The van der Waals surface area contributed by atoms with Gasteiger partial charge in [-0.2, -0.15) is 17.6 Å². The highest BCUT2D eigenvalue weighted by molar-refractivity contribution is 6.39. The van der Waals surface area contributed by atoms with Gasteiger partial charge < -0.3 is 10.1 Å². The first-order valence-electron chi connectivity index (χ1n) is 4.69. The lowest BCUT2D eigenvalue weighted by atomic mass is 10.2. The van der Waals surface area contributed by atoms with Crippen molar-refractivity contribution in [1.29, 1.82) is 0 Å². The fourth-order valence-corrected chi connectivity index (χ4v) is 1.64. The van der Waals surface area contributed by atoms with E-state index in [1.54, 1.807) is 5.32 Å². The van der Waals surface area contributed by atoms with Crippen LogP contribution in [0.2, 0.25) is 10.0 Å². The van der Waals surface area contributed by atoms with Gasteiger partial charge in [-0.15, -0.1) is 0 Å². The van der Waals surface area contributed by atoms with Crippen molar-refractivity contribution in [3.63, 3.8) is 0 Å². The molecular formula is C10H7Cl2F4NO2. The lowest BCUT2D eigenvalue weighted by molar-refractivity contribution is -0.305. The van der Waals surface area contributed by atoms with Crippen LogP contribution in [0.25, 0.3) is 0 Å². The van der Waals surface area contributed by atoms with Gasteiger partial charge in [-0.05, 0) is 12.1 Å². The van der Waals surface area contributed by atoms with Crippen LogP contribution in [0, 0.1) is 0 Å². The molecule has 9 heteroatoms. The van der Waals surface area contributed by atoms with Crippen molar-refractivity contribution in [2.24, 2.45) is 0 Å². The number of hydrogen-bond acceptors (Lipinski definition) is 2. The Morgan fingerprint density at radius 1 is 1.21 bits per heavy atom. The number of anilines is 1. The quantitative estimate of drug-likeness (QED) is 0.860. The molecule has 1 unspecified atom stereocenters. The number of carbonyl (C=O) groups excluding carboxylic acids is 1. The predicted molar refractivity (Wildman–Crippen MR) is 62.0 cm³/mol. The third-order valence-corrected chi connectivity index (χ3v) is 2.77. The van der Waals surface area contributed by atoms with Crippen LogP contribution in [0.15, 0.2) is 18.2 Å². The zero-order chi connectivity index (χ0) is 14.8. The smallest absolute Gasteiger partial charge is 0.335 e. The molecule has 0 radical (unpaired) electrons. The lowest BCUT2D eigenvalue weighted by Gasteiger charge is -2.25. The van der Waals surface area contributed by atoms with E-state index in [4.69, 9.17) is 23.2 Å². The molecule has 3 nitrogen and oxygen atoms in total. The minimum absolute atomic E-state index is 0.138. The third-order valence-electron chi connectivity index (χ3n) is 2.14. The van der Waals surface area contributed by atoms with Crippen LogP contribution < -0.4 is 5.32 Å². The molecule has 0 saturated carbocycles.